The van der Waals surface area contributed by atoms with Crippen LogP contribution in [-0.4, -0.2) is 28.4 Å². The van der Waals surface area contributed by atoms with Gasteiger partial charge in [0.2, 0.25) is 5.91 Å². The maximum Gasteiger partial charge on any atom is 0.225 e. The summed E-state index contributed by atoms with van der Waals surface area (Å²) in [7, 11) is -1.15. The van der Waals surface area contributed by atoms with Gasteiger partial charge >= 0.3 is 0 Å². The lowest BCUT2D eigenvalue weighted by Gasteiger charge is -2.09. The molecule has 0 aliphatic heterocycles. The maximum absolute atomic E-state index is 11.5. The molecule has 0 radical (unpaired) electrons. The van der Waals surface area contributed by atoms with Crippen LogP contribution >= 0.6 is 23.7 Å². The van der Waals surface area contributed by atoms with E-state index < -0.39 is 9.73 Å². The van der Waals surface area contributed by atoms with Gasteiger partial charge in [-0.25, -0.2) is 14.0 Å². The molecular formula is C8H14ClN3O2S2. The van der Waals surface area contributed by atoms with Gasteiger partial charge in [0.25, 0.3) is 0 Å². The van der Waals surface area contributed by atoms with Gasteiger partial charge < -0.3 is 0 Å². The molecular weight excluding hydrogens is 270 g/mol. The summed E-state index contributed by atoms with van der Waals surface area (Å²) in [6.07, 6.45) is 1.35. The van der Waals surface area contributed by atoms with Crippen molar-refractivity contribution in [3.8, 4) is 0 Å². The van der Waals surface area contributed by atoms with E-state index >= 15 is 0 Å². The van der Waals surface area contributed by atoms with Gasteiger partial charge in [-0.2, -0.15) is 0 Å². The highest BCUT2D eigenvalue weighted by atomic mass is 35.5. The van der Waals surface area contributed by atoms with E-state index in [2.05, 4.69) is 4.98 Å². The second-order valence-electron chi connectivity index (χ2n) is 3.29. The van der Waals surface area contributed by atoms with E-state index in [1.54, 1.807) is 14.0 Å². The van der Waals surface area contributed by atoms with Crippen LogP contribution in [0.25, 0.3) is 0 Å². The molecule has 0 aliphatic carbocycles. The second-order valence-corrected chi connectivity index (χ2v) is 6.62. The lowest BCUT2D eigenvalue weighted by atomic mass is 10.6. The van der Waals surface area contributed by atoms with Gasteiger partial charge in [0.15, 0.2) is 5.13 Å². The van der Waals surface area contributed by atoms with Gasteiger partial charge in [-0.1, -0.05) is 11.3 Å². The van der Waals surface area contributed by atoms with E-state index in [1.807, 2.05) is 0 Å². The Labute approximate surface area is 105 Å². The summed E-state index contributed by atoms with van der Waals surface area (Å²) in [5, 5.41) is 0.483. The van der Waals surface area contributed by atoms with Gasteiger partial charge in [0, 0.05) is 20.2 Å². The van der Waals surface area contributed by atoms with E-state index in [0.29, 0.717) is 15.0 Å². The van der Waals surface area contributed by atoms with Crippen LogP contribution < -0.4 is 4.90 Å². The molecule has 0 aromatic carbocycles. The van der Waals surface area contributed by atoms with Crippen molar-refractivity contribution in [1.29, 1.82) is 4.78 Å². The van der Waals surface area contributed by atoms with Crippen LogP contribution in [0.3, 0.4) is 0 Å². The molecule has 0 saturated heterocycles. The molecule has 92 valence electrons. The summed E-state index contributed by atoms with van der Waals surface area (Å²) < 4.78 is 19.5. The zero-order valence-corrected chi connectivity index (χ0v) is 11.9. The number of amides is 1. The second kappa shape index (κ2) is 5.11. The number of aryl methyl sites for hydroxylation is 1. The van der Waals surface area contributed by atoms with Gasteiger partial charge in [-0.15, -0.1) is 12.4 Å². The Morgan fingerprint density at radius 1 is 1.56 bits per heavy atom. The number of nitrogens with one attached hydrogen (secondary N) is 1. The molecule has 0 bridgehead atoms. The predicted octanol–water partition coefficient (Wildman–Crippen LogP) is 1.89. The minimum Gasteiger partial charge on any atom is -0.291 e. The lowest BCUT2D eigenvalue weighted by Crippen LogP contribution is -2.22. The van der Waals surface area contributed by atoms with Crippen molar-refractivity contribution >= 4 is 44.5 Å². The van der Waals surface area contributed by atoms with E-state index in [-0.39, 0.29) is 18.3 Å². The number of aromatic nitrogens is 1. The Morgan fingerprint density at radius 3 is 2.38 bits per heavy atom. The number of halogens is 1. The fourth-order valence-corrected chi connectivity index (χ4v) is 3.28. The summed E-state index contributed by atoms with van der Waals surface area (Å²) in [5.41, 5.74) is 0.561. The highest BCUT2D eigenvalue weighted by Crippen LogP contribution is 2.29. The minimum atomic E-state index is -2.75. The fraction of sp³-hybridized carbons (Fsp3) is 0.500. The molecule has 1 N–H and O–H groups in total. The Kier molecular flexibility index (Phi) is 4.90. The summed E-state index contributed by atoms with van der Waals surface area (Å²) in [5.74, 6) is -0.136. The Balaban J connectivity index is 0.00000225. The molecule has 0 saturated carbocycles. The highest BCUT2D eigenvalue weighted by molar-refractivity contribution is 7.93. The number of hydrogen-bond donors (Lipinski definition) is 1. The number of nitrogens with zero attached hydrogens (tertiary/aromatic N) is 2. The molecule has 1 aromatic rings. The van der Waals surface area contributed by atoms with Crippen LogP contribution in [-0.2, 0) is 14.5 Å². The zero-order valence-electron chi connectivity index (χ0n) is 9.44. The van der Waals surface area contributed by atoms with Crippen molar-refractivity contribution in [1.82, 2.24) is 4.98 Å². The van der Waals surface area contributed by atoms with Crippen LogP contribution in [0.4, 0.5) is 5.13 Å². The predicted molar refractivity (Wildman–Crippen MR) is 68.2 cm³/mol. The number of hydrogen-bond acceptors (Lipinski definition) is 5. The Hall–Kier alpha value is -0.660. The molecule has 1 atom stereocenters. The van der Waals surface area contributed by atoms with Crippen molar-refractivity contribution in [3.63, 3.8) is 0 Å². The van der Waals surface area contributed by atoms with E-state index in [9.17, 15) is 9.00 Å². The Morgan fingerprint density at radius 2 is 2.06 bits per heavy atom. The fourth-order valence-electron chi connectivity index (χ4n) is 1.01. The largest absolute Gasteiger partial charge is 0.291 e. The monoisotopic (exact) mass is 283 g/mol. The molecule has 1 unspecified atom stereocenters. The molecule has 1 heterocycles. The normalized spacial score (nSPS) is 13.8. The van der Waals surface area contributed by atoms with Crippen molar-refractivity contribution in [2.45, 2.75) is 18.1 Å². The third kappa shape index (κ3) is 3.16. The first-order chi connectivity index (χ1) is 6.73. The standard InChI is InChI=1S/C8H13N3O2S2.ClH/c1-5-7(15(4,9)13)14-8(10-5)11(3)6(2)12;/h9H,1-4H3;1H. The van der Waals surface area contributed by atoms with Crippen molar-refractivity contribution in [3.05, 3.63) is 5.69 Å². The number of carbonyl (C=O) groups is 1. The lowest BCUT2D eigenvalue weighted by molar-refractivity contribution is -0.116. The van der Waals surface area contributed by atoms with Crippen LogP contribution in [0.5, 0.6) is 0 Å². The zero-order chi connectivity index (χ0) is 11.8. The van der Waals surface area contributed by atoms with Crippen LogP contribution in [0.15, 0.2) is 4.21 Å². The summed E-state index contributed by atoms with van der Waals surface area (Å²) in [6.45, 7) is 3.13. The number of carbonyl (C=O) groups excluding carboxylic acids is 1. The number of anilines is 1. The average Bonchev–Trinajstić information content (AvgIpc) is 2.44. The molecule has 0 fully saturated rings. The first-order valence-corrected chi connectivity index (χ1v) is 6.97. The topological polar surface area (TPSA) is 74.1 Å². The molecule has 5 nitrogen and oxygen atoms in total. The smallest absolute Gasteiger partial charge is 0.225 e. The van der Waals surface area contributed by atoms with Crippen molar-refractivity contribution < 1.29 is 9.00 Å². The van der Waals surface area contributed by atoms with Crippen molar-refractivity contribution in [2.75, 3.05) is 18.2 Å². The molecule has 8 heteroatoms. The SMILES string of the molecule is CC(=O)N(C)c1nc(C)c(S(C)(=N)=O)s1.Cl. The molecule has 1 rings (SSSR count). The molecule has 1 aromatic heterocycles. The average molecular weight is 284 g/mol. The molecule has 0 aliphatic rings. The van der Waals surface area contributed by atoms with E-state index in [0.717, 1.165) is 11.3 Å². The third-order valence-electron chi connectivity index (χ3n) is 1.86. The molecule has 16 heavy (non-hydrogen) atoms. The number of rotatable bonds is 2. The van der Waals surface area contributed by atoms with Crippen LogP contribution in [0, 0.1) is 11.7 Å². The first kappa shape index (κ1) is 15.3. The minimum absolute atomic E-state index is 0. The maximum atomic E-state index is 11.5. The summed E-state index contributed by atoms with van der Waals surface area (Å²) in [4.78, 5) is 16.6. The first-order valence-electron chi connectivity index (χ1n) is 4.19. The van der Waals surface area contributed by atoms with Crippen molar-refractivity contribution in [2.24, 2.45) is 0 Å². The van der Waals surface area contributed by atoms with Gasteiger partial charge in [0.05, 0.1) is 15.4 Å². The quantitative estimate of drug-likeness (QED) is 0.901. The summed E-state index contributed by atoms with van der Waals surface area (Å²) in [6, 6.07) is 0. The van der Waals surface area contributed by atoms with E-state index in [1.165, 1.54) is 18.1 Å². The molecule has 1 amide bonds. The Bertz CT molecular complexity index is 495. The molecule has 0 spiro atoms. The van der Waals surface area contributed by atoms with Gasteiger partial charge in [-0.05, 0) is 6.92 Å². The van der Waals surface area contributed by atoms with Gasteiger partial charge in [-0.3, -0.25) is 9.69 Å². The van der Waals surface area contributed by atoms with E-state index in [4.69, 9.17) is 4.78 Å². The van der Waals surface area contributed by atoms with Crippen LogP contribution in [0.2, 0.25) is 0 Å². The number of thiazole rings is 1. The van der Waals surface area contributed by atoms with Gasteiger partial charge in [0.1, 0.15) is 4.21 Å². The highest BCUT2D eigenvalue weighted by Gasteiger charge is 2.17. The van der Waals surface area contributed by atoms with Crippen LogP contribution in [0.1, 0.15) is 12.6 Å². The third-order valence-corrected chi connectivity index (χ3v) is 5.09. The summed E-state index contributed by atoms with van der Waals surface area (Å²) >= 11 is 1.13.